The maximum atomic E-state index is 12.7. The molecule has 2 N–H and O–H groups in total. The first-order chi connectivity index (χ1) is 17.1. The molecule has 11 nitrogen and oxygen atoms in total. The van der Waals surface area contributed by atoms with Crippen LogP contribution in [0, 0.1) is 0 Å². The van der Waals surface area contributed by atoms with E-state index in [9.17, 15) is 4.79 Å². The molecule has 11 heteroatoms. The maximum absolute atomic E-state index is 12.7. The molecular formula is C24H27N7O4. The molecule has 0 aliphatic carbocycles. The highest BCUT2D eigenvalue weighted by Crippen LogP contribution is 2.29. The summed E-state index contributed by atoms with van der Waals surface area (Å²) in [5, 5.41) is 7.51. The summed E-state index contributed by atoms with van der Waals surface area (Å²) in [5.41, 5.74) is 8.34. The Bertz CT molecular complexity index is 1330. The summed E-state index contributed by atoms with van der Waals surface area (Å²) in [6.45, 7) is 6.89. The highest BCUT2D eigenvalue weighted by molar-refractivity contribution is 5.96. The van der Waals surface area contributed by atoms with Crippen LogP contribution in [0.2, 0.25) is 0 Å². The van der Waals surface area contributed by atoms with Crippen LogP contribution >= 0.6 is 0 Å². The highest BCUT2D eigenvalue weighted by atomic mass is 16.6. The number of carbonyl (C=O) groups is 1. The molecule has 1 aliphatic rings. The lowest BCUT2D eigenvalue weighted by Gasteiger charge is -2.26. The van der Waals surface area contributed by atoms with E-state index in [4.69, 9.17) is 19.8 Å². The van der Waals surface area contributed by atoms with Gasteiger partial charge in [-0.3, -0.25) is 9.69 Å². The number of nitrogens with two attached hydrogens (primary N) is 1. The van der Waals surface area contributed by atoms with E-state index in [1.165, 1.54) is 0 Å². The summed E-state index contributed by atoms with van der Waals surface area (Å²) in [6, 6.07) is 9.00. The van der Waals surface area contributed by atoms with Crippen LogP contribution in [0.4, 0.5) is 5.82 Å². The second-order valence-corrected chi connectivity index (χ2v) is 8.30. The Balaban J connectivity index is 1.29. The molecular weight excluding hydrogens is 450 g/mol. The Kier molecular flexibility index (Phi) is 6.68. The van der Waals surface area contributed by atoms with Gasteiger partial charge in [-0.05, 0) is 42.3 Å². The standard InChI is InChI=1S/C24H27N7O4/c1-2-31-19-14-21(26-15-18(19)27-24(31)22-23(25)29-35-28-22)34-17-6-3-5-16(13-17)20(32)7-4-8-30-9-11-33-12-10-30/h3,5-6,13-15H,2,4,7-12H2,1H3,(H2,25,29). The first-order valence-electron chi connectivity index (χ1n) is 11.7. The third-order valence-corrected chi connectivity index (χ3v) is 6.01. The van der Waals surface area contributed by atoms with E-state index in [0.717, 1.165) is 44.8 Å². The number of hydrogen-bond donors (Lipinski definition) is 1. The van der Waals surface area contributed by atoms with Crippen LogP contribution in [-0.2, 0) is 11.3 Å². The molecule has 1 aromatic carbocycles. The monoisotopic (exact) mass is 477 g/mol. The Labute approximate surface area is 201 Å². The van der Waals surface area contributed by atoms with Crippen LogP contribution in [-0.4, -0.2) is 68.4 Å². The molecule has 0 amide bonds. The fraction of sp³-hybridized carbons (Fsp3) is 0.375. The molecule has 3 aromatic heterocycles. The number of hydrogen-bond acceptors (Lipinski definition) is 10. The third kappa shape index (κ3) is 5.00. The maximum Gasteiger partial charge on any atom is 0.221 e. The first-order valence-corrected chi connectivity index (χ1v) is 11.7. The van der Waals surface area contributed by atoms with Crippen LogP contribution < -0.4 is 10.5 Å². The molecule has 5 rings (SSSR count). The molecule has 0 unspecified atom stereocenters. The number of carbonyl (C=O) groups excluding carboxylic acids is 1. The van der Waals surface area contributed by atoms with E-state index in [1.54, 1.807) is 24.4 Å². The molecule has 4 aromatic rings. The van der Waals surface area contributed by atoms with Crippen molar-refractivity contribution in [1.82, 2.24) is 29.7 Å². The highest BCUT2D eigenvalue weighted by Gasteiger charge is 2.19. The lowest BCUT2D eigenvalue weighted by molar-refractivity contribution is 0.0371. The number of anilines is 1. The molecule has 35 heavy (non-hydrogen) atoms. The van der Waals surface area contributed by atoms with Crippen molar-refractivity contribution in [2.45, 2.75) is 26.3 Å². The largest absolute Gasteiger partial charge is 0.439 e. The summed E-state index contributed by atoms with van der Waals surface area (Å²) in [4.78, 5) is 24.0. The third-order valence-electron chi connectivity index (χ3n) is 6.01. The van der Waals surface area contributed by atoms with Gasteiger partial charge in [0.2, 0.25) is 5.88 Å². The zero-order valence-corrected chi connectivity index (χ0v) is 19.5. The van der Waals surface area contributed by atoms with E-state index in [1.807, 2.05) is 23.6 Å². The number of ether oxygens (including phenoxy) is 2. The summed E-state index contributed by atoms with van der Waals surface area (Å²) in [7, 11) is 0. The normalized spacial score (nSPS) is 14.4. The van der Waals surface area contributed by atoms with Gasteiger partial charge in [-0.1, -0.05) is 12.1 Å². The smallest absolute Gasteiger partial charge is 0.221 e. The van der Waals surface area contributed by atoms with Crippen LogP contribution in [0.25, 0.3) is 22.6 Å². The summed E-state index contributed by atoms with van der Waals surface area (Å²) in [5.74, 6) is 1.75. The molecule has 0 spiro atoms. The minimum atomic E-state index is 0.0969. The molecule has 1 fully saturated rings. The van der Waals surface area contributed by atoms with Crippen LogP contribution in [0.15, 0.2) is 41.2 Å². The van der Waals surface area contributed by atoms with Gasteiger partial charge in [0, 0.05) is 37.7 Å². The molecule has 0 atom stereocenters. The zero-order valence-electron chi connectivity index (χ0n) is 19.5. The predicted molar refractivity (Wildman–Crippen MR) is 128 cm³/mol. The first kappa shape index (κ1) is 22.9. The van der Waals surface area contributed by atoms with Gasteiger partial charge in [-0.2, -0.15) is 0 Å². The summed E-state index contributed by atoms with van der Waals surface area (Å²) < 4.78 is 18.0. The van der Waals surface area contributed by atoms with Crippen LogP contribution in [0.1, 0.15) is 30.1 Å². The fourth-order valence-electron chi connectivity index (χ4n) is 4.20. The Morgan fingerprint density at radius 1 is 1.20 bits per heavy atom. The average Bonchev–Trinajstić information content (AvgIpc) is 3.47. The topological polar surface area (TPSA) is 134 Å². The molecule has 0 radical (unpaired) electrons. The number of aryl methyl sites for hydroxylation is 1. The van der Waals surface area contributed by atoms with Crippen LogP contribution in [0.3, 0.4) is 0 Å². The minimum Gasteiger partial charge on any atom is -0.439 e. The number of Topliss-reactive ketones (excluding diaryl/α,β-unsaturated/α-hetero) is 1. The second-order valence-electron chi connectivity index (χ2n) is 8.30. The number of benzene rings is 1. The van der Waals surface area contributed by atoms with Gasteiger partial charge in [0.15, 0.2) is 23.1 Å². The van der Waals surface area contributed by atoms with Gasteiger partial charge in [0.05, 0.1) is 24.9 Å². The van der Waals surface area contributed by atoms with Crippen molar-refractivity contribution < 1.29 is 18.9 Å². The van der Waals surface area contributed by atoms with Gasteiger partial charge >= 0.3 is 0 Å². The minimum absolute atomic E-state index is 0.0969. The van der Waals surface area contributed by atoms with Crippen molar-refractivity contribution in [3.05, 3.63) is 42.1 Å². The van der Waals surface area contributed by atoms with E-state index in [-0.39, 0.29) is 11.6 Å². The van der Waals surface area contributed by atoms with Crippen LogP contribution in [0.5, 0.6) is 11.6 Å². The summed E-state index contributed by atoms with van der Waals surface area (Å²) >= 11 is 0. The molecule has 1 aliphatic heterocycles. The average molecular weight is 478 g/mol. The molecule has 4 heterocycles. The van der Waals surface area contributed by atoms with E-state index < -0.39 is 0 Å². The summed E-state index contributed by atoms with van der Waals surface area (Å²) in [6.07, 6.45) is 2.94. The number of aromatic nitrogens is 5. The number of nitrogens with zero attached hydrogens (tertiary/aromatic N) is 6. The van der Waals surface area contributed by atoms with Crippen molar-refractivity contribution >= 4 is 22.6 Å². The SMILES string of the molecule is CCn1c(-c2nonc2N)nc2cnc(Oc3cccc(C(=O)CCCN4CCOCC4)c3)cc21. The number of ketones is 1. The fourth-order valence-corrected chi connectivity index (χ4v) is 4.20. The Hall–Kier alpha value is -3.83. The van der Waals surface area contributed by atoms with Crippen molar-refractivity contribution in [2.75, 3.05) is 38.6 Å². The predicted octanol–water partition coefficient (Wildman–Crippen LogP) is 3.17. The zero-order chi connectivity index (χ0) is 24.2. The number of imidazole rings is 1. The molecule has 1 saturated heterocycles. The Morgan fingerprint density at radius 2 is 2.06 bits per heavy atom. The lowest BCUT2D eigenvalue weighted by Crippen LogP contribution is -2.36. The number of morpholine rings is 1. The van der Waals surface area contributed by atoms with Gasteiger partial charge in [-0.25, -0.2) is 14.6 Å². The van der Waals surface area contributed by atoms with Gasteiger partial charge in [0.25, 0.3) is 0 Å². The van der Waals surface area contributed by atoms with Gasteiger partial charge in [-0.15, -0.1) is 0 Å². The van der Waals surface area contributed by atoms with Gasteiger partial charge in [0.1, 0.15) is 11.3 Å². The van der Waals surface area contributed by atoms with Crippen molar-refractivity contribution in [1.29, 1.82) is 0 Å². The van der Waals surface area contributed by atoms with Crippen molar-refractivity contribution in [2.24, 2.45) is 0 Å². The van der Waals surface area contributed by atoms with Crippen molar-refractivity contribution in [3.8, 4) is 23.1 Å². The van der Waals surface area contributed by atoms with E-state index in [0.29, 0.717) is 47.2 Å². The quantitative estimate of drug-likeness (QED) is 0.358. The molecule has 0 saturated carbocycles. The van der Waals surface area contributed by atoms with Gasteiger partial charge < -0.3 is 19.8 Å². The second kappa shape index (κ2) is 10.2. The number of fused-ring (bicyclic) bond motifs is 1. The Morgan fingerprint density at radius 3 is 2.83 bits per heavy atom. The van der Waals surface area contributed by atoms with Crippen molar-refractivity contribution in [3.63, 3.8) is 0 Å². The lowest BCUT2D eigenvalue weighted by atomic mass is 10.1. The molecule has 0 bridgehead atoms. The number of rotatable bonds is 9. The number of pyridine rings is 1. The number of nitrogen functional groups attached to an aromatic ring is 1. The van der Waals surface area contributed by atoms with E-state index in [2.05, 4.69) is 25.2 Å². The molecule has 182 valence electrons. The van der Waals surface area contributed by atoms with E-state index >= 15 is 0 Å².